The van der Waals surface area contributed by atoms with Gasteiger partial charge < -0.3 is 9.47 Å². The summed E-state index contributed by atoms with van der Waals surface area (Å²) in [7, 11) is 0. The van der Waals surface area contributed by atoms with Gasteiger partial charge in [0.25, 0.3) is 0 Å². The fraction of sp³-hybridized carbons (Fsp3) is 0. The lowest BCUT2D eigenvalue weighted by Gasteiger charge is -2.26. The van der Waals surface area contributed by atoms with Gasteiger partial charge in [0.1, 0.15) is 0 Å². The van der Waals surface area contributed by atoms with Crippen LogP contribution < -0.4 is 4.90 Å². The molecule has 282 valence electrons. The number of fused-ring (bicyclic) bond motifs is 4. The van der Waals surface area contributed by atoms with Crippen LogP contribution in [0.2, 0.25) is 0 Å². The van der Waals surface area contributed by atoms with Crippen molar-refractivity contribution in [3.63, 3.8) is 0 Å². The summed E-state index contributed by atoms with van der Waals surface area (Å²) in [6, 6.07) is 87.7. The van der Waals surface area contributed by atoms with Gasteiger partial charge in [-0.2, -0.15) is 0 Å². The van der Waals surface area contributed by atoms with Gasteiger partial charge in [-0.15, -0.1) is 0 Å². The quantitative estimate of drug-likeness (QED) is 0.150. The van der Waals surface area contributed by atoms with Crippen molar-refractivity contribution in [3.05, 3.63) is 243 Å². The Morgan fingerprint density at radius 2 is 0.767 bits per heavy atom. The first-order valence-electron chi connectivity index (χ1n) is 20.6. The minimum atomic E-state index is 1.10. The molecule has 0 spiro atoms. The number of hydrogen-bond acceptors (Lipinski definition) is 1. The second-order valence-electron chi connectivity index (χ2n) is 15.3. The van der Waals surface area contributed by atoms with Crippen LogP contribution in [0.3, 0.4) is 0 Å². The topological polar surface area (TPSA) is 8.17 Å². The van der Waals surface area contributed by atoms with Crippen molar-refractivity contribution in [1.82, 2.24) is 4.57 Å². The zero-order chi connectivity index (χ0) is 39.8. The number of nitrogens with zero attached hydrogens (tertiary/aromatic N) is 2. The highest BCUT2D eigenvalue weighted by atomic mass is 15.1. The van der Waals surface area contributed by atoms with Crippen LogP contribution in [0.25, 0.3) is 82.8 Å². The summed E-state index contributed by atoms with van der Waals surface area (Å²) in [6.07, 6.45) is 0. The molecule has 0 aliphatic carbocycles. The molecule has 0 saturated heterocycles. The van der Waals surface area contributed by atoms with E-state index >= 15 is 0 Å². The van der Waals surface area contributed by atoms with Gasteiger partial charge in [-0.25, -0.2) is 0 Å². The van der Waals surface area contributed by atoms with Crippen molar-refractivity contribution in [1.29, 1.82) is 0 Å². The number of anilines is 3. The largest absolute Gasteiger partial charge is 0.310 e. The van der Waals surface area contributed by atoms with Gasteiger partial charge in [-0.05, 0) is 111 Å². The molecule has 1 heterocycles. The van der Waals surface area contributed by atoms with E-state index in [1.165, 1.54) is 77.2 Å². The molecule has 0 fully saturated rings. The predicted octanol–water partition coefficient (Wildman–Crippen LogP) is 16.1. The number of para-hydroxylation sites is 2. The van der Waals surface area contributed by atoms with Crippen LogP contribution in [0.5, 0.6) is 0 Å². The normalized spacial score (nSPS) is 11.3. The minimum Gasteiger partial charge on any atom is -0.310 e. The maximum Gasteiger partial charge on any atom is 0.0547 e. The molecule has 0 atom stereocenters. The summed E-state index contributed by atoms with van der Waals surface area (Å²) in [5.74, 6) is 0. The van der Waals surface area contributed by atoms with Crippen LogP contribution in [-0.4, -0.2) is 4.57 Å². The van der Waals surface area contributed by atoms with E-state index in [0.29, 0.717) is 0 Å². The molecular weight excluding hydrogens is 725 g/mol. The number of hydrogen-bond donors (Lipinski definition) is 0. The van der Waals surface area contributed by atoms with Crippen molar-refractivity contribution in [2.45, 2.75) is 0 Å². The Bertz CT molecular complexity index is 3280. The summed E-state index contributed by atoms with van der Waals surface area (Å²) in [6.45, 7) is 0. The van der Waals surface area contributed by atoms with Crippen LogP contribution in [0, 0.1) is 0 Å². The Hall–Kier alpha value is -7.94. The van der Waals surface area contributed by atoms with Crippen molar-refractivity contribution in [2.24, 2.45) is 0 Å². The minimum absolute atomic E-state index is 1.10. The molecular formula is C58H40N2. The maximum atomic E-state index is 2.44. The Balaban J connectivity index is 0.968. The second kappa shape index (κ2) is 15.1. The first-order chi connectivity index (χ1) is 29.8. The SMILES string of the molecule is c1ccc(-c2ccc(-c3ccc(N(c4ccccc4)c4cccc(-c5cccc(-c6cccc7c6c6ccccc6n7-c6cccc7ccccc67)c5)c4)cc3)cc2)cc1. The van der Waals surface area contributed by atoms with Crippen LogP contribution in [0.15, 0.2) is 243 Å². The van der Waals surface area contributed by atoms with E-state index in [-0.39, 0.29) is 0 Å². The second-order valence-corrected chi connectivity index (χ2v) is 15.3. The third kappa shape index (κ3) is 6.32. The number of benzene rings is 10. The van der Waals surface area contributed by atoms with Crippen molar-refractivity contribution < 1.29 is 0 Å². The van der Waals surface area contributed by atoms with E-state index < -0.39 is 0 Å². The van der Waals surface area contributed by atoms with Crippen molar-refractivity contribution in [2.75, 3.05) is 4.90 Å². The Kier molecular flexibility index (Phi) is 8.87. The van der Waals surface area contributed by atoms with Gasteiger partial charge in [0.15, 0.2) is 0 Å². The van der Waals surface area contributed by atoms with Gasteiger partial charge in [0.05, 0.1) is 16.7 Å². The Morgan fingerprint density at radius 1 is 0.283 bits per heavy atom. The van der Waals surface area contributed by atoms with E-state index in [1.54, 1.807) is 0 Å². The van der Waals surface area contributed by atoms with Gasteiger partial charge in [-0.3, -0.25) is 0 Å². The van der Waals surface area contributed by atoms with Crippen LogP contribution in [0.4, 0.5) is 17.1 Å². The highest BCUT2D eigenvalue weighted by Gasteiger charge is 2.18. The molecule has 60 heavy (non-hydrogen) atoms. The zero-order valence-corrected chi connectivity index (χ0v) is 33.0. The molecule has 0 bridgehead atoms. The number of aromatic nitrogens is 1. The molecule has 0 N–H and O–H groups in total. The smallest absolute Gasteiger partial charge is 0.0547 e. The molecule has 0 amide bonds. The highest BCUT2D eigenvalue weighted by molar-refractivity contribution is 6.16. The van der Waals surface area contributed by atoms with E-state index in [0.717, 1.165) is 22.6 Å². The molecule has 0 radical (unpaired) electrons. The van der Waals surface area contributed by atoms with E-state index in [9.17, 15) is 0 Å². The van der Waals surface area contributed by atoms with E-state index in [4.69, 9.17) is 0 Å². The molecule has 0 saturated carbocycles. The van der Waals surface area contributed by atoms with Gasteiger partial charge in [0, 0.05) is 33.2 Å². The molecule has 0 aliphatic heterocycles. The molecule has 10 aromatic carbocycles. The molecule has 11 rings (SSSR count). The fourth-order valence-corrected chi connectivity index (χ4v) is 8.93. The summed E-state index contributed by atoms with van der Waals surface area (Å²) in [4.78, 5) is 2.35. The molecule has 11 aromatic rings. The van der Waals surface area contributed by atoms with Crippen LogP contribution in [0.1, 0.15) is 0 Å². The van der Waals surface area contributed by atoms with Crippen LogP contribution >= 0.6 is 0 Å². The predicted molar refractivity (Wildman–Crippen MR) is 255 cm³/mol. The standard InChI is InChI=1S/C58H40N2/c1-3-15-41(16-4-1)42-31-33-43(34-32-42)44-35-37-50(38-36-44)59(49-22-5-2-6-23-49)51-24-12-20-47(40-51)46-19-11-21-48(39-46)53-27-14-30-57-58(53)54-26-9-10-28-56(54)60(57)55-29-13-18-45-17-7-8-25-52(45)55/h1-40H. The zero-order valence-electron chi connectivity index (χ0n) is 33.0. The average Bonchev–Trinajstić information content (AvgIpc) is 3.67. The highest BCUT2D eigenvalue weighted by Crippen LogP contribution is 2.42. The monoisotopic (exact) mass is 764 g/mol. The molecule has 2 heteroatoms. The number of rotatable bonds is 8. The van der Waals surface area contributed by atoms with E-state index in [1.807, 2.05) is 0 Å². The van der Waals surface area contributed by atoms with Crippen molar-refractivity contribution in [3.8, 4) is 50.2 Å². The first-order valence-corrected chi connectivity index (χ1v) is 20.6. The first kappa shape index (κ1) is 35.2. The third-order valence-corrected chi connectivity index (χ3v) is 11.8. The Labute approximate surface area is 350 Å². The summed E-state index contributed by atoms with van der Waals surface area (Å²) >= 11 is 0. The van der Waals surface area contributed by atoms with Gasteiger partial charge >= 0.3 is 0 Å². The summed E-state index contributed by atoms with van der Waals surface area (Å²) < 4.78 is 2.44. The van der Waals surface area contributed by atoms with Gasteiger partial charge in [-0.1, -0.05) is 182 Å². The van der Waals surface area contributed by atoms with E-state index in [2.05, 4.69) is 252 Å². The lowest BCUT2D eigenvalue weighted by Crippen LogP contribution is -2.09. The molecule has 0 unspecified atom stereocenters. The average molecular weight is 765 g/mol. The maximum absolute atomic E-state index is 2.44. The third-order valence-electron chi connectivity index (χ3n) is 11.8. The summed E-state index contributed by atoms with van der Waals surface area (Å²) in [5.41, 5.74) is 16.5. The Morgan fingerprint density at radius 3 is 1.53 bits per heavy atom. The van der Waals surface area contributed by atoms with Crippen LogP contribution in [-0.2, 0) is 0 Å². The molecule has 2 nitrogen and oxygen atoms in total. The lowest BCUT2D eigenvalue weighted by atomic mass is 9.95. The summed E-state index contributed by atoms with van der Waals surface area (Å²) in [5, 5.41) is 4.99. The fourth-order valence-electron chi connectivity index (χ4n) is 8.93. The molecule has 0 aliphatic rings. The lowest BCUT2D eigenvalue weighted by molar-refractivity contribution is 1.20. The molecule has 1 aromatic heterocycles. The van der Waals surface area contributed by atoms with Crippen molar-refractivity contribution >= 4 is 49.6 Å². The van der Waals surface area contributed by atoms with Gasteiger partial charge in [0.2, 0.25) is 0 Å².